The Balaban J connectivity index is 1.71. The van der Waals surface area contributed by atoms with E-state index < -0.39 is 0 Å². The lowest BCUT2D eigenvalue weighted by Crippen LogP contribution is -2.37. The highest BCUT2D eigenvalue weighted by molar-refractivity contribution is 5.16. The summed E-state index contributed by atoms with van der Waals surface area (Å²) in [5.74, 6) is 0. The van der Waals surface area contributed by atoms with Crippen molar-refractivity contribution < 1.29 is 0 Å². The second-order valence-electron chi connectivity index (χ2n) is 5.14. The Kier molecular flexibility index (Phi) is 2.96. The van der Waals surface area contributed by atoms with Crippen LogP contribution in [0.3, 0.4) is 0 Å². The van der Waals surface area contributed by atoms with Crippen LogP contribution < -0.4 is 5.32 Å². The fourth-order valence-corrected chi connectivity index (χ4v) is 3.01. The largest absolute Gasteiger partial charge is 0.333 e. The molecule has 3 rings (SSSR count). The lowest BCUT2D eigenvalue weighted by molar-refractivity contribution is 0.358. The average Bonchev–Trinajstić information content (AvgIpc) is 2.74. The maximum Gasteiger partial charge on any atom is 0.0952 e. The number of rotatable bonds is 2. The van der Waals surface area contributed by atoms with Crippen LogP contribution in [0.25, 0.3) is 0 Å². The van der Waals surface area contributed by atoms with Crippen molar-refractivity contribution >= 4 is 0 Å². The molecular weight excluding hydrogens is 198 g/mol. The normalized spacial score (nSPS) is 25.4. The molecule has 16 heavy (non-hydrogen) atoms. The number of nitrogens with zero attached hydrogens (tertiary/aromatic N) is 2. The van der Waals surface area contributed by atoms with Crippen molar-refractivity contribution in [2.45, 2.75) is 57.5 Å². The van der Waals surface area contributed by atoms with E-state index in [1.54, 1.807) is 0 Å². The van der Waals surface area contributed by atoms with E-state index in [4.69, 9.17) is 0 Å². The lowest BCUT2D eigenvalue weighted by atomic mass is 10.0. The molecule has 1 N–H and O–H groups in total. The fourth-order valence-electron chi connectivity index (χ4n) is 3.01. The molecule has 0 bridgehead atoms. The van der Waals surface area contributed by atoms with Crippen LogP contribution in [0.5, 0.6) is 0 Å². The molecule has 1 saturated heterocycles. The van der Waals surface area contributed by atoms with E-state index in [9.17, 15) is 0 Å². The maximum atomic E-state index is 4.56. The zero-order valence-corrected chi connectivity index (χ0v) is 9.91. The van der Waals surface area contributed by atoms with Gasteiger partial charge in [-0.2, -0.15) is 0 Å². The predicted molar refractivity (Wildman–Crippen MR) is 64.5 cm³/mol. The highest BCUT2D eigenvalue weighted by atomic mass is 15.1. The van der Waals surface area contributed by atoms with Gasteiger partial charge in [-0.15, -0.1) is 0 Å². The first kappa shape index (κ1) is 10.3. The summed E-state index contributed by atoms with van der Waals surface area (Å²) >= 11 is 0. The van der Waals surface area contributed by atoms with Gasteiger partial charge in [-0.25, -0.2) is 4.98 Å². The molecule has 1 aliphatic carbocycles. The molecule has 1 aliphatic heterocycles. The Bertz CT molecular complexity index is 350. The zero-order chi connectivity index (χ0) is 10.8. The Morgan fingerprint density at radius 3 is 3.06 bits per heavy atom. The second kappa shape index (κ2) is 4.58. The molecule has 0 saturated carbocycles. The first-order valence-corrected chi connectivity index (χ1v) is 6.70. The van der Waals surface area contributed by atoms with Crippen LogP contribution >= 0.6 is 0 Å². The lowest BCUT2D eigenvalue weighted by Gasteiger charge is -2.25. The summed E-state index contributed by atoms with van der Waals surface area (Å²) in [5, 5.41) is 3.62. The fraction of sp³-hybridized carbons (Fsp3) is 0.769. The zero-order valence-electron chi connectivity index (χ0n) is 9.91. The van der Waals surface area contributed by atoms with Gasteiger partial charge < -0.3 is 9.88 Å². The monoisotopic (exact) mass is 219 g/mol. The van der Waals surface area contributed by atoms with Crippen LogP contribution in [-0.4, -0.2) is 22.1 Å². The van der Waals surface area contributed by atoms with E-state index in [-0.39, 0.29) is 0 Å². The van der Waals surface area contributed by atoms with Crippen LogP contribution in [0.15, 0.2) is 6.33 Å². The first-order chi connectivity index (χ1) is 7.93. The average molecular weight is 219 g/mol. The Hall–Kier alpha value is -0.830. The van der Waals surface area contributed by atoms with Gasteiger partial charge in [-0.05, 0) is 45.1 Å². The SMILES string of the molecule is c1nc2c(n1CC1CCCCN1)CCCC2. The molecule has 0 spiro atoms. The van der Waals surface area contributed by atoms with E-state index in [0.717, 1.165) is 6.54 Å². The van der Waals surface area contributed by atoms with Crippen molar-refractivity contribution in [2.24, 2.45) is 0 Å². The topological polar surface area (TPSA) is 29.9 Å². The minimum atomic E-state index is 0.675. The predicted octanol–water partition coefficient (Wildman–Crippen LogP) is 1.90. The van der Waals surface area contributed by atoms with E-state index >= 15 is 0 Å². The molecule has 2 heterocycles. The molecule has 88 valence electrons. The standard InChI is InChI=1S/C13H21N3/c1-2-7-13-12(6-1)15-10-16(13)9-11-5-3-4-8-14-11/h10-11,14H,1-9H2. The molecule has 0 radical (unpaired) electrons. The third-order valence-electron chi connectivity index (χ3n) is 3.94. The van der Waals surface area contributed by atoms with Crippen LogP contribution in [0.4, 0.5) is 0 Å². The van der Waals surface area contributed by atoms with Crippen molar-refractivity contribution in [3.8, 4) is 0 Å². The third kappa shape index (κ3) is 2.01. The number of hydrogen-bond donors (Lipinski definition) is 1. The van der Waals surface area contributed by atoms with E-state index in [1.165, 1.54) is 62.9 Å². The molecule has 1 atom stereocenters. The summed E-state index contributed by atoms with van der Waals surface area (Å²) in [6.07, 6.45) is 11.2. The van der Waals surface area contributed by atoms with Crippen LogP contribution in [0.2, 0.25) is 0 Å². The molecule has 2 aliphatic rings. The Labute approximate surface area is 97.3 Å². The minimum Gasteiger partial charge on any atom is -0.333 e. The van der Waals surface area contributed by atoms with Crippen molar-refractivity contribution in [3.05, 3.63) is 17.7 Å². The molecule has 3 nitrogen and oxygen atoms in total. The van der Waals surface area contributed by atoms with Gasteiger partial charge in [0.15, 0.2) is 0 Å². The Morgan fingerprint density at radius 2 is 2.19 bits per heavy atom. The molecule has 0 amide bonds. The highest BCUT2D eigenvalue weighted by Crippen LogP contribution is 2.20. The Morgan fingerprint density at radius 1 is 1.25 bits per heavy atom. The molecule has 3 heteroatoms. The summed E-state index contributed by atoms with van der Waals surface area (Å²) in [5.41, 5.74) is 2.88. The summed E-state index contributed by atoms with van der Waals surface area (Å²) < 4.78 is 2.40. The second-order valence-corrected chi connectivity index (χ2v) is 5.14. The van der Waals surface area contributed by atoms with E-state index in [1.807, 2.05) is 0 Å². The van der Waals surface area contributed by atoms with E-state index in [0.29, 0.717) is 6.04 Å². The molecule has 0 aromatic carbocycles. The van der Waals surface area contributed by atoms with Gasteiger partial charge in [0, 0.05) is 18.3 Å². The van der Waals surface area contributed by atoms with E-state index in [2.05, 4.69) is 21.2 Å². The van der Waals surface area contributed by atoms with Crippen LogP contribution in [-0.2, 0) is 19.4 Å². The number of aryl methyl sites for hydroxylation is 1. The number of aromatic nitrogens is 2. The number of imidazole rings is 1. The maximum absolute atomic E-state index is 4.56. The molecule has 1 unspecified atom stereocenters. The van der Waals surface area contributed by atoms with Crippen molar-refractivity contribution in [1.82, 2.24) is 14.9 Å². The van der Waals surface area contributed by atoms with Gasteiger partial charge in [0.05, 0.1) is 12.0 Å². The quantitative estimate of drug-likeness (QED) is 0.823. The molecule has 1 aromatic heterocycles. The minimum absolute atomic E-state index is 0.675. The summed E-state index contributed by atoms with van der Waals surface area (Å²) in [4.78, 5) is 4.56. The first-order valence-electron chi connectivity index (χ1n) is 6.70. The van der Waals surface area contributed by atoms with Gasteiger partial charge >= 0.3 is 0 Å². The number of fused-ring (bicyclic) bond motifs is 1. The molecule has 1 aromatic rings. The van der Waals surface area contributed by atoms with Crippen molar-refractivity contribution in [1.29, 1.82) is 0 Å². The number of hydrogen-bond acceptors (Lipinski definition) is 2. The van der Waals surface area contributed by atoms with Gasteiger partial charge in [-0.1, -0.05) is 6.42 Å². The van der Waals surface area contributed by atoms with Crippen LogP contribution in [0.1, 0.15) is 43.5 Å². The third-order valence-corrected chi connectivity index (χ3v) is 3.94. The highest BCUT2D eigenvalue weighted by Gasteiger charge is 2.18. The van der Waals surface area contributed by atoms with Gasteiger partial charge in [0.25, 0.3) is 0 Å². The molecule has 1 fully saturated rings. The number of piperidine rings is 1. The smallest absolute Gasteiger partial charge is 0.0952 e. The summed E-state index contributed by atoms with van der Waals surface area (Å²) in [6, 6.07) is 0.675. The summed E-state index contributed by atoms with van der Waals surface area (Å²) in [6.45, 7) is 2.32. The van der Waals surface area contributed by atoms with Crippen molar-refractivity contribution in [3.63, 3.8) is 0 Å². The summed E-state index contributed by atoms with van der Waals surface area (Å²) in [7, 11) is 0. The molecular formula is C13H21N3. The van der Waals surface area contributed by atoms with Gasteiger partial charge in [0.2, 0.25) is 0 Å². The van der Waals surface area contributed by atoms with Crippen molar-refractivity contribution in [2.75, 3.05) is 6.54 Å². The van der Waals surface area contributed by atoms with Gasteiger partial charge in [0.1, 0.15) is 0 Å². The van der Waals surface area contributed by atoms with Gasteiger partial charge in [-0.3, -0.25) is 0 Å². The van der Waals surface area contributed by atoms with Crippen LogP contribution in [0, 0.1) is 0 Å². The number of nitrogens with one attached hydrogen (secondary N) is 1.